The van der Waals surface area contributed by atoms with Crippen molar-refractivity contribution in [3.05, 3.63) is 30.0 Å². The molecule has 0 fully saturated rings. The number of pyridine rings is 1. The predicted molar refractivity (Wildman–Crippen MR) is 97.7 cm³/mol. The maximum absolute atomic E-state index is 5.59. The van der Waals surface area contributed by atoms with Crippen LogP contribution in [-0.4, -0.2) is 36.1 Å². The lowest BCUT2D eigenvalue weighted by molar-refractivity contribution is 0.325. The van der Waals surface area contributed by atoms with Crippen LogP contribution in [0, 0.1) is 6.92 Å². The SMILES string of the molecule is COc1ccc(-c2cc(C)c3c(cnn3C(C)C)n2)c(OC)c1OC. The molecule has 0 bridgehead atoms. The van der Waals surface area contributed by atoms with Crippen molar-refractivity contribution in [3.8, 4) is 28.5 Å². The number of aryl methyl sites for hydroxylation is 1. The summed E-state index contributed by atoms with van der Waals surface area (Å²) >= 11 is 0. The average molecular weight is 341 g/mol. The van der Waals surface area contributed by atoms with Gasteiger partial charge >= 0.3 is 0 Å². The molecule has 0 aliphatic heterocycles. The molecule has 25 heavy (non-hydrogen) atoms. The minimum Gasteiger partial charge on any atom is -0.493 e. The van der Waals surface area contributed by atoms with Crippen LogP contribution in [0.2, 0.25) is 0 Å². The second kappa shape index (κ2) is 6.63. The molecule has 6 heteroatoms. The van der Waals surface area contributed by atoms with Crippen LogP contribution in [0.5, 0.6) is 17.2 Å². The van der Waals surface area contributed by atoms with E-state index in [0.717, 1.165) is 27.9 Å². The van der Waals surface area contributed by atoms with E-state index in [1.54, 1.807) is 27.5 Å². The minimum atomic E-state index is 0.277. The lowest BCUT2D eigenvalue weighted by Gasteiger charge is -2.16. The molecule has 2 heterocycles. The molecule has 1 aromatic carbocycles. The van der Waals surface area contributed by atoms with Gasteiger partial charge in [-0.05, 0) is 44.5 Å². The average Bonchev–Trinajstić information content (AvgIpc) is 3.05. The summed E-state index contributed by atoms with van der Waals surface area (Å²) < 4.78 is 18.4. The van der Waals surface area contributed by atoms with E-state index >= 15 is 0 Å². The molecule has 0 N–H and O–H groups in total. The normalized spacial score (nSPS) is 11.2. The maximum Gasteiger partial charge on any atom is 0.203 e. The van der Waals surface area contributed by atoms with E-state index in [4.69, 9.17) is 19.2 Å². The van der Waals surface area contributed by atoms with E-state index in [0.29, 0.717) is 17.2 Å². The smallest absolute Gasteiger partial charge is 0.203 e. The maximum atomic E-state index is 5.59. The summed E-state index contributed by atoms with van der Waals surface area (Å²) in [6.07, 6.45) is 1.80. The van der Waals surface area contributed by atoms with Crippen molar-refractivity contribution in [2.75, 3.05) is 21.3 Å². The van der Waals surface area contributed by atoms with Crippen molar-refractivity contribution in [1.82, 2.24) is 14.8 Å². The molecule has 0 unspecified atom stereocenters. The fourth-order valence-electron chi connectivity index (χ4n) is 3.09. The van der Waals surface area contributed by atoms with Crippen LogP contribution in [0.3, 0.4) is 0 Å². The van der Waals surface area contributed by atoms with Crippen molar-refractivity contribution >= 4 is 11.0 Å². The predicted octanol–water partition coefficient (Wildman–Crippen LogP) is 4.01. The zero-order valence-electron chi connectivity index (χ0n) is 15.5. The number of methoxy groups -OCH3 is 3. The number of hydrogen-bond acceptors (Lipinski definition) is 5. The number of benzene rings is 1. The Morgan fingerprint density at radius 3 is 2.32 bits per heavy atom. The molecule has 0 aliphatic carbocycles. The molecule has 0 aliphatic rings. The Labute approximate surface area is 147 Å². The third kappa shape index (κ3) is 2.77. The van der Waals surface area contributed by atoms with Gasteiger partial charge in [0.05, 0.1) is 38.7 Å². The topological polar surface area (TPSA) is 58.4 Å². The van der Waals surface area contributed by atoms with Gasteiger partial charge in [0.1, 0.15) is 5.52 Å². The summed E-state index contributed by atoms with van der Waals surface area (Å²) in [5, 5.41) is 4.47. The molecule has 6 nitrogen and oxygen atoms in total. The van der Waals surface area contributed by atoms with Gasteiger partial charge in [-0.2, -0.15) is 5.10 Å². The van der Waals surface area contributed by atoms with Crippen LogP contribution >= 0.6 is 0 Å². The fourth-order valence-corrected chi connectivity index (χ4v) is 3.09. The third-order valence-electron chi connectivity index (χ3n) is 4.21. The van der Waals surface area contributed by atoms with Crippen molar-refractivity contribution in [1.29, 1.82) is 0 Å². The zero-order valence-corrected chi connectivity index (χ0v) is 15.5. The zero-order chi connectivity index (χ0) is 18.1. The van der Waals surface area contributed by atoms with Crippen LogP contribution in [0.25, 0.3) is 22.3 Å². The first-order chi connectivity index (χ1) is 12.0. The number of ether oxygens (including phenoxy) is 3. The van der Waals surface area contributed by atoms with Gasteiger partial charge in [-0.15, -0.1) is 0 Å². The number of nitrogens with zero attached hydrogens (tertiary/aromatic N) is 3. The first-order valence-electron chi connectivity index (χ1n) is 8.16. The van der Waals surface area contributed by atoms with Gasteiger partial charge in [-0.3, -0.25) is 4.68 Å². The highest BCUT2D eigenvalue weighted by molar-refractivity contribution is 5.84. The van der Waals surface area contributed by atoms with Gasteiger partial charge in [-0.1, -0.05) is 0 Å². The fraction of sp³-hybridized carbons (Fsp3) is 0.368. The molecule has 3 rings (SSSR count). The van der Waals surface area contributed by atoms with Gasteiger partial charge in [0, 0.05) is 11.6 Å². The Morgan fingerprint density at radius 1 is 1.00 bits per heavy atom. The summed E-state index contributed by atoms with van der Waals surface area (Å²) in [5.41, 5.74) is 4.69. The monoisotopic (exact) mass is 341 g/mol. The third-order valence-corrected chi connectivity index (χ3v) is 4.21. The Bertz CT molecular complexity index is 916. The lowest BCUT2D eigenvalue weighted by atomic mass is 10.1. The van der Waals surface area contributed by atoms with Gasteiger partial charge in [0.25, 0.3) is 0 Å². The van der Waals surface area contributed by atoms with Crippen LogP contribution < -0.4 is 14.2 Å². The van der Waals surface area contributed by atoms with Gasteiger partial charge < -0.3 is 14.2 Å². The number of fused-ring (bicyclic) bond motifs is 1. The Balaban J connectivity index is 2.23. The van der Waals surface area contributed by atoms with Crippen LogP contribution in [-0.2, 0) is 0 Å². The summed E-state index contributed by atoms with van der Waals surface area (Å²) in [7, 11) is 4.81. The van der Waals surface area contributed by atoms with Crippen molar-refractivity contribution in [2.45, 2.75) is 26.8 Å². The van der Waals surface area contributed by atoms with Gasteiger partial charge in [-0.25, -0.2) is 4.98 Å². The van der Waals surface area contributed by atoms with Crippen molar-refractivity contribution in [2.24, 2.45) is 0 Å². The molecule has 0 spiro atoms. The van der Waals surface area contributed by atoms with E-state index in [1.165, 1.54) is 0 Å². The lowest BCUT2D eigenvalue weighted by Crippen LogP contribution is -2.03. The highest BCUT2D eigenvalue weighted by Gasteiger charge is 2.19. The molecule has 0 saturated heterocycles. The molecule has 0 amide bonds. The van der Waals surface area contributed by atoms with E-state index in [2.05, 4.69) is 25.9 Å². The first kappa shape index (κ1) is 17.1. The highest BCUT2D eigenvalue weighted by Crippen LogP contribution is 2.44. The molecule has 2 aromatic heterocycles. The Kier molecular flexibility index (Phi) is 4.53. The number of aromatic nitrogens is 3. The quantitative estimate of drug-likeness (QED) is 0.702. The molecular weight excluding hydrogens is 318 g/mol. The van der Waals surface area contributed by atoms with Crippen LogP contribution in [0.1, 0.15) is 25.5 Å². The van der Waals surface area contributed by atoms with Gasteiger partial charge in [0.2, 0.25) is 5.75 Å². The highest BCUT2D eigenvalue weighted by atomic mass is 16.5. The Morgan fingerprint density at radius 2 is 1.72 bits per heavy atom. The van der Waals surface area contributed by atoms with E-state index in [9.17, 15) is 0 Å². The molecule has 0 radical (unpaired) electrons. The van der Waals surface area contributed by atoms with Crippen molar-refractivity contribution in [3.63, 3.8) is 0 Å². The second-order valence-electron chi connectivity index (χ2n) is 6.12. The Hall–Kier alpha value is -2.76. The van der Waals surface area contributed by atoms with E-state index < -0.39 is 0 Å². The molecule has 0 saturated carbocycles. The summed E-state index contributed by atoms with van der Waals surface area (Å²) in [4.78, 5) is 4.79. The number of rotatable bonds is 5. The second-order valence-corrected chi connectivity index (χ2v) is 6.12. The molecular formula is C19H23N3O3. The van der Waals surface area contributed by atoms with Crippen LogP contribution in [0.4, 0.5) is 0 Å². The minimum absolute atomic E-state index is 0.277. The van der Waals surface area contributed by atoms with Crippen LogP contribution in [0.15, 0.2) is 24.4 Å². The number of hydrogen-bond donors (Lipinski definition) is 0. The van der Waals surface area contributed by atoms with Gasteiger partial charge in [0.15, 0.2) is 11.5 Å². The summed E-state index contributed by atoms with van der Waals surface area (Å²) in [6.45, 7) is 6.29. The standard InChI is InChI=1S/C19H23N3O3/c1-11(2)22-17-12(3)9-14(21-15(17)10-20-22)13-7-8-16(23-4)19(25-6)18(13)24-5/h7-11H,1-6H3. The summed E-state index contributed by atoms with van der Waals surface area (Å²) in [5.74, 6) is 1.78. The largest absolute Gasteiger partial charge is 0.493 e. The molecule has 0 atom stereocenters. The van der Waals surface area contributed by atoms with E-state index in [1.807, 2.05) is 22.9 Å². The molecule has 3 aromatic rings. The van der Waals surface area contributed by atoms with Crippen molar-refractivity contribution < 1.29 is 14.2 Å². The first-order valence-corrected chi connectivity index (χ1v) is 8.16. The van der Waals surface area contributed by atoms with E-state index in [-0.39, 0.29) is 6.04 Å². The molecule has 132 valence electrons. The summed E-state index contributed by atoms with van der Waals surface area (Å²) in [6, 6.07) is 6.11.